The lowest BCUT2D eigenvalue weighted by molar-refractivity contribution is 0.580. The van der Waals surface area contributed by atoms with Gasteiger partial charge >= 0.3 is 0 Å². The Bertz CT molecular complexity index is 1730. The van der Waals surface area contributed by atoms with Gasteiger partial charge in [0.1, 0.15) is 11.5 Å². The van der Waals surface area contributed by atoms with Crippen molar-refractivity contribution >= 4 is 40.9 Å². The van der Waals surface area contributed by atoms with Crippen LogP contribution in [-0.4, -0.2) is 24.9 Å². The van der Waals surface area contributed by atoms with E-state index in [0.717, 1.165) is 16.9 Å². The molecule has 6 rings (SSSR count). The highest BCUT2D eigenvalue weighted by Gasteiger charge is 2.11. The first-order chi connectivity index (χ1) is 19.6. The summed E-state index contributed by atoms with van der Waals surface area (Å²) in [6, 6.07) is 28.4. The third-order valence-electron chi connectivity index (χ3n) is 5.72. The van der Waals surface area contributed by atoms with Gasteiger partial charge in [-0.05, 0) is 66.7 Å². The number of para-hydroxylation sites is 1. The molecule has 0 aliphatic carbocycles. The SMILES string of the molecule is Nc1nc(-c2ccc(Nc3nc(Nc4ccccc4)nc(Nc4ccc(F)cc4)n3)cc2)cc(-c2ccco2)n1. The fraction of sp³-hybridized carbons (Fsp3) is 0. The number of nitrogens with two attached hydrogens (primary N) is 1. The molecule has 3 aromatic carbocycles. The molecule has 0 saturated carbocycles. The van der Waals surface area contributed by atoms with Crippen molar-refractivity contribution < 1.29 is 8.81 Å². The summed E-state index contributed by atoms with van der Waals surface area (Å²) in [5.74, 6) is 1.33. The number of furan rings is 1. The Balaban J connectivity index is 1.26. The number of hydrogen-bond donors (Lipinski definition) is 4. The quantitative estimate of drug-likeness (QED) is 0.171. The van der Waals surface area contributed by atoms with E-state index in [-0.39, 0.29) is 17.7 Å². The molecule has 0 unspecified atom stereocenters. The zero-order valence-corrected chi connectivity index (χ0v) is 20.9. The van der Waals surface area contributed by atoms with E-state index in [0.29, 0.717) is 34.7 Å². The maximum absolute atomic E-state index is 13.4. The second kappa shape index (κ2) is 10.9. The van der Waals surface area contributed by atoms with E-state index in [2.05, 4.69) is 40.9 Å². The van der Waals surface area contributed by atoms with Crippen LogP contribution in [0.2, 0.25) is 0 Å². The van der Waals surface area contributed by atoms with Gasteiger partial charge in [-0.2, -0.15) is 15.0 Å². The van der Waals surface area contributed by atoms with E-state index in [1.54, 1.807) is 24.5 Å². The molecule has 0 aliphatic rings. The zero-order chi connectivity index (χ0) is 27.3. The summed E-state index contributed by atoms with van der Waals surface area (Å²) in [4.78, 5) is 22.1. The third-order valence-corrected chi connectivity index (χ3v) is 5.72. The lowest BCUT2D eigenvalue weighted by Crippen LogP contribution is -2.07. The molecule has 0 amide bonds. The number of aromatic nitrogens is 5. The smallest absolute Gasteiger partial charge is 0.233 e. The van der Waals surface area contributed by atoms with Crippen molar-refractivity contribution in [2.75, 3.05) is 21.7 Å². The van der Waals surface area contributed by atoms with Crippen LogP contribution in [0, 0.1) is 5.82 Å². The first-order valence-corrected chi connectivity index (χ1v) is 12.2. The Kier molecular flexibility index (Phi) is 6.66. The van der Waals surface area contributed by atoms with Crippen LogP contribution in [0.3, 0.4) is 0 Å². The molecule has 0 radical (unpaired) electrons. The molecule has 196 valence electrons. The first kappa shape index (κ1) is 24.5. The molecule has 0 atom stereocenters. The molecule has 5 N–H and O–H groups in total. The molecule has 0 spiro atoms. The van der Waals surface area contributed by atoms with Gasteiger partial charge in [0.25, 0.3) is 0 Å². The molecule has 40 heavy (non-hydrogen) atoms. The van der Waals surface area contributed by atoms with Gasteiger partial charge in [0.05, 0.1) is 12.0 Å². The molecule has 11 heteroatoms. The van der Waals surface area contributed by atoms with E-state index < -0.39 is 0 Å². The first-order valence-electron chi connectivity index (χ1n) is 12.2. The van der Waals surface area contributed by atoms with Gasteiger partial charge in [-0.3, -0.25) is 0 Å². The maximum atomic E-state index is 13.4. The van der Waals surface area contributed by atoms with Crippen molar-refractivity contribution in [1.82, 2.24) is 24.9 Å². The summed E-state index contributed by atoms with van der Waals surface area (Å²) in [6.45, 7) is 0. The molecule has 6 aromatic rings. The van der Waals surface area contributed by atoms with Gasteiger partial charge < -0.3 is 26.1 Å². The van der Waals surface area contributed by atoms with Crippen LogP contribution in [0.25, 0.3) is 22.7 Å². The molecule has 0 bridgehead atoms. The van der Waals surface area contributed by atoms with Crippen molar-refractivity contribution in [2.45, 2.75) is 0 Å². The molecular formula is C29H22FN9O. The normalized spacial score (nSPS) is 10.7. The van der Waals surface area contributed by atoms with Crippen LogP contribution >= 0.6 is 0 Å². The fourth-order valence-electron chi connectivity index (χ4n) is 3.87. The van der Waals surface area contributed by atoms with Crippen molar-refractivity contribution in [2.24, 2.45) is 0 Å². The highest BCUT2D eigenvalue weighted by atomic mass is 19.1. The van der Waals surface area contributed by atoms with Crippen LogP contribution in [0.15, 0.2) is 108 Å². The Hall–Kier alpha value is -5.84. The van der Waals surface area contributed by atoms with Crippen LogP contribution in [0.1, 0.15) is 0 Å². The lowest BCUT2D eigenvalue weighted by atomic mass is 10.1. The molecule has 3 heterocycles. The number of nitrogens with zero attached hydrogens (tertiary/aromatic N) is 5. The van der Waals surface area contributed by atoms with Crippen LogP contribution in [0.4, 0.5) is 45.2 Å². The van der Waals surface area contributed by atoms with E-state index in [1.165, 1.54) is 12.1 Å². The molecular weight excluding hydrogens is 509 g/mol. The van der Waals surface area contributed by atoms with Crippen molar-refractivity contribution in [3.8, 4) is 22.7 Å². The van der Waals surface area contributed by atoms with Gasteiger partial charge in [0.2, 0.25) is 23.8 Å². The Morgan fingerprint density at radius 2 is 1.12 bits per heavy atom. The highest BCUT2D eigenvalue weighted by Crippen LogP contribution is 2.27. The van der Waals surface area contributed by atoms with Gasteiger partial charge in [-0.1, -0.05) is 30.3 Å². The zero-order valence-electron chi connectivity index (χ0n) is 20.9. The minimum atomic E-state index is -0.333. The standard InChI is InChI=1S/C29H22FN9O/c30-19-10-14-22(15-11-19)34-29-38-27(32-20-5-2-1-3-6-20)37-28(39-29)33-21-12-8-18(9-13-21)23-17-24(36-26(31)35-23)25-7-4-16-40-25/h1-17H,(H2,31,35,36)(H3,32,33,34,37,38,39). The van der Waals surface area contributed by atoms with Gasteiger partial charge in [-0.25, -0.2) is 14.4 Å². The maximum Gasteiger partial charge on any atom is 0.233 e. The number of benzene rings is 3. The van der Waals surface area contributed by atoms with E-state index in [4.69, 9.17) is 10.2 Å². The summed E-state index contributed by atoms with van der Waals surface area (Å²) in [6.07, 6.45) is 1.58. The number of nitrogens with one attached hydrogen (secondary N) is 3. The van der Waals surface area contributed by atoms with Crippen LogP contribution in [0.5, 0.6) is 0 Å². The Labute approximate surface area is 228 Å². The van der Waals surface area contributed by atoms with Crippen molar-refractivity contribution in [3.63, 3.8) is 0 Å². The summed E-state index contributed by atoms with van der Waals surface area (Å²) in [5, 5.41) is 9.49. The van der Waals surface area contributed by atoms with E-state index in [1.807, 2.05) is 66.7 Å². The van der Waals surface area contributed by atoms with Gasteiger partial charge in [-0.15, -0.1) is 0 Å². The monoisotopic (exact) mass is 531 g/mol. The number of halogens is 1. The van der Waals surface area contributed by atoms with Crippen LogP contribution < -0.4 is 21.7 Å². The average molecular weight is 532 g/mol. The predicted molar refractivity (Wildman–Crippen MR) is 152 cm³/mol. The van der Waals surface area contributed by atoms with Crippen LogP contribution in [-0.2, 0) is 0 Å². The third kappa shape index (κ3) is 5.83. The second-order valence-corrected chi connectivity index (χ2v) is 8.61. The summed E-state index contributed by atoms with van der Waals surface area (Å²) >= 11 is 0. The number of anilines is 7. The molecule has 0 saturated heterocycles. The predicted octanol–water partition coefficient (Wildman–Crippen LogP) is 6.54. The number of nitrogen functional groups attached to an aromatic ring is 1. The van der Waals surface area contributed by atoms with E-state index >= 15 is 0 Å². The summed E-state index contributed by atoms with van der Waals surface area (Å²) in [5.41, 5.74) is 10.2. The highest BCUT2D eigenvalue weighted by molar-refractivity contribution is 5.70. The lowest BCUT2D eigenvalue weighted by Gasteiger charge is -2.12. The van der Waals surface area contributed by atoms with Gasteiger partial charge in [0, 0.05) is 22.6 Å². The Morgan fingerprint density at radius 3 is 1.70 bits per heavy atom. The molecule has 3 aromatic heterocycles. The Morgan fingerprint density at radius 1 is 0.575 bits per heavy atom. The number of rotatable bonds is 8. The van der Waals surface area contributed by atoms with Crippen molar-refractivity contribution in [3.05, 3.63) is 109 Å². The fourth-order valence-corrected chi connectivity index (χ4v) is 3.87. The molecule has 10 nitrogen and oxygen atoms in total. The average Bonchev–Trinajstić information content (AvgIpc) is 3.50. The van der Waals surface area contributed by atoms with Gasteiger partial charge in [0.15, 0.2) is 5.76 Å². The van der Waals surface area contributed by atoms with E-state index in [9.17, 15) is 4.39 Å². The number of hydrogen-bond acceptors (Lipinski definition) is 10. The topological polar surface area (TPSA) is 140 Å². The minimum absolute atomic E-state index is 0.149. The molecule has 0 fully saturated rings. The largest absolute Gasteiger partial charge is 0.463 e. The summed E-state index contributed by atoms with van der Waals surface area (Å²) in [7, 11) is 0. The minimum Gasteiger partial charge on any atom is -0.463 e. The molecule has 0 aliphatic heterocycles. The van der Waals surface area contributed by atoms with Crippen molar-refractivity contribution in [1.29, 1.82) is 0 Å². The summed E-state index contributed by atoms with van der Waals surface area (Å²) < 4.78 is 18.8. The second-order valence-electron chi connectivity index (χ2n) is 8.61.